The molecule has 0 aliphatic heterocycles. The molecule has 0 amide bonds. The van der Waals surface area contributed by atoms with E-state index in [1.807, 2.05) is 60.7 Å². The van der Waals surface area contributed by atoms with Crippen LogP contribution in [-0.4, -0.2) is 4.98 Å². The Kier molecular flexibility index (Phi) is 3.80. The number of hydrogen-bond acceptors (Lipinski definition) is 2. The van der Waals surface area contributed by atoms with Crippen LogP contribution in [0.4, 0.5) is 0 Å². The molecule has 90 valence electrons. The number of ether oxygens (including phenoxy) is 1. The fraction of sp³-hybridized carbons (Fsp3) is 0. The minimum absolute atomic E-state index is 0. The van der Waals surface area contributed by atoms with Crippen LogP contribution in [0.15, 0.2) is 66.9 Å². The SMILES string of the molecule is Cl.c1ccc(Oc2cccc3cccnc23)cc1. The molecular formula is C15H12ClNO. The molecule has 0 fully saturated rings. The molecule has 0 saturated carbocycles. The molecule has 0 aliphatic carbocycles. The molecule has 1 heterocycles. The van der Waals surface area contributed by atoms with E-state index in [-0.39, 0.29) is 12.4 Å². The number of pyridine rings is 1. The Labute approximate surface area is 112 Å². The smallest absolute Gasteiger partial charge is 0.153 e. The quantitative estimate of drug-likeness (QED) is 0.677. The fourth-order valence-corrected chi connectivity index (χ4v) is 1.77. The van der Waals surface area contributed by atoms with Crippen LogP contribution in [0.5, 0.6) is 11.5 Å². The van der Waals surface area contributed by atoms with Crippen LogP contribution in [-0.2, 0) is 0 Å². The number of para-hydroxylation sites is 2. The van der Waals surface area contributed by atoms with Gasteiger partial charge in [0.15, 0.2) is 5.75 Å². The maximum Gasteiger partial charge on any atom is 0.153 e. The summed E-state index contributed by atoms with van der Waals surface area (Å²) < 4.78 is 5.83. The third-order valence-corrected chi connectivity index (χ3v) is 2.57. The zero-order chi connectivity index (χ0) is 11.5. The number of hydrogen-bond donors (Lipinski definition) is 0. The number of nitrogens with zero attached hydrogens (tertiary/aromatic N) is 1. The first-order valence-corrected chi connectivity index (χ1v) is 5.50. The molecule has 0 saturated heterocycles. The van der Waals surface area contributed by atoms with Gasteiger partial charge in [-0.15, -0.1) is 12.4 Å². The van der Waals surface area contributed by atoms with Crippen molar-refractivity contribution in [3.05, 3.63) is 66.9 Å². The van der Waals surface area contributed by atoms with Crippen molar-refractivity contribution in [2.24, 2.45) is 0 Å². The Morgan fingerprint density at radius 2 is 1.56 bits per heavy atom. The molecule has 3 aromatic rings. The van der Waals surface area contributed by atoms with E-state index >= 15 is 0 Å². The third kappa shape index (κ3) is 2.44. The molecule has 3 heteroatoms. The van der Waals surface area contributed by atoms with E-state index in [1.165, 1.54) is 0 Å². The molecule has 3 rings (SSSR count). The first-order valence-electron chi connectivity index (χ1n) is 5.50. The largest absolute Gasteiger partial charge is 0.455 e. The maximum absolute atomic E-state index is 5.83. The molecule has 0 radical (unpaired) electrons. The predicted molar refractivity (Wildman–Crippen MR) is 75.5 cm³/mol. The highest BCUT2D eigenvalue weighted by Crippen LogP contribution is 2.27. The Morgan fingerprint density at radius 1 is 0.778 bits per heavy atom. The molecular weight excluding hydrogens is 246 g/mol. The van der Waals surface area contributed by atoms with Gasteiger partial charge in [0.05, 0.1) is 0 Å². The maximum atomic E-state index is 5.83. The standard InChI is InChI=1S/C15H11NO.ClH/c1-2-8-13(9-3-1)17-14-10-4-6-12-7-5-11-16-15(12)14;/h1-11H;1H. The van der Waals surface area contributed by atoms with Crippen molar-refractivity contribution in [1.29, 1.82) is 0 Å². The van der Waals surface area contributed by atoms with Crippen LogP contribution in [0.1, 0.15) is 0 Å². The zero-order valence-corrected chi connectivity index (χ0v) is 10.4. The van der Waals surface area contributed by atoms with Crippen molar-refractivity contribution in [2.45, 2.75) is 0 Å². The number of halogens is 1. The van der Waals surface area contributed by atoms with Crippen LogP contribution < -0.4 is 4.74 Å². The molecule has 0 atom stereocenters. The summed E-state index contributed by atoms with van der Waals surface area (Å²) in [7, 11) is 0. The van der Waals surface area contributed by atoms with Gasteiger partial charge < -0.3 is 4.74 Å². The normalized spacial score (nSPS) is 9.78. The summed E-state index contributed by atoms with van der Waals surface area (Å²) in [6.45, 7) is 0. The lowest BCUT2D eigenvalue weighted by Gasteiger charge is -2.07. The van der Waals surface area contributed by atoms with E-state index in [1.54, 1.807) is 6.20 Å². The number of fused-ring (bicyclic) bond motifs is 1. The average Bonchev–Trinajstić information content (AvgIpc) is 2.40. The minimum atomic E-state index is 0. The second-order valence-corrected chi connectivity index (χ2v) is 3.75. The second kappa shape index (κ2) is 5.52. The van der Waals surface area contributed by atoms with Gasteiger partial charge in [-0.05, 0) is 24.3 Å². The summed E-state index contributed by atoms with van der Waals surface area (Å²) in [6.07, 6.45) is 1.78. The number of benzene rings is 2. The van der Waals surface area contributed by atoms with E-state index in [9.17, 15) is 0 Å². The van der Waals surface area contributed by atoms with Crippen molar-refractivity contribution in [2.75, 3.05) is 0 Å². The molecule has 0 N–H and O–H groups in total. The summed E-state index contributed by atoms with van der Waals surface area (Å²) in [5.74, 6) is 1.61. The van der Waals surface area contributed by atoms with E-state index in [2.05, 4.69) is 4.98 Å². The summed E-state index contributed by atoms with van der Waals surface area (Å²) in [6, 6.07) is 19.6. The first kappa shape index (κ1) is 12.4. The summed E-state index contributed by atoms with van der Waals surface area (Å²) >= 11 is 0. The molecule has 18 heavy (non-hydrogen) atoms. The highest BCUT2D eigenvalue weighted by atomic mass is 35.5. The average molecular weight is 258 g/mol. The number of aromatic nitrogens is 1. The van der Waals surface area contributed by atoms with Gasteiger partial charge in [-0.2, -0.15) is 0 Å². The van der Waals surface area contributed by atoms with Crippen LogP contribution in [0.25, 0.3) is 10.9 Å². The lowest BCUT2D eigenvalue weighted by molar-refractivity contribution is 0.487. The van der Waals surface area contributed by atoms with Crippen molar-refractivity contribution in [1.82, 2.24) is 4.98 Å². The van der Waals surface area contributed by atoms with Gasteiger partial charge in [0.1, 0.15) is 11.3 Å². The highest BCUT2D eigenvalue weighted by molar-refractivity contribution is 5.85. The lowest BCUT2D eigenvalue weighted by Crippen LogP contribution is -1.87. The summed E-state index contributed by atoms with van der Waals surface area (Å²) in [5, 5.41) is 1.08. The molecule has 2 nitrogen and oxygen atoms in total. The zero-order valence-electron chi connectivity index (χ0n) is 9.61. The third-order valence-electron chi connectivity index (χ3n) is 2.57. The van der Waals surface area contributed by atoms with Gasteiger partial charge in [-0.3, -0.25) is 4.98 Å². The Hall–Kier alpha value is -2.06. The van der Waals surface area contributed by atoms with Gasteiger partial charge in [-0.25, -0.2) is 0 Å². The van der Waals surface area contributed by atoms with E-state index < -0.39 is 0 Å². The molecule has 1 aromatic heterocycles. The van der Waals surface area contributed by atoms with Crippen molar-refractivity contribution in [3.63, 3.8) is 0 Å². The van der Waals surface area contributed by atoms with Crippen molar-refractivity contribution < 1.29 is 4.74 Å². The summed E-state index contributed by atoms with van der Waals surface area (Å²) in [5.41, 5.74) is 0.888. The van der Waals surface area contributed by atoms with Gasteiger partial charge in [0, 0.05) is 11.6 Å². The minimum Gasteiger partial charge on any atom is -0.455 e. The number of rotatable bonds is 2. The predicted octanol–water partition coefficient (Wildman–Crippen LogP) is 4.45. The van der Waals surface area contributed by atoms with Gasteiger partial charge in [0.2, 0.25) is 0 Å². The van der Waals surface area contributed by atoms with E-state index in [4.69, 9.17) is 4.74 Å². The molecule has 0 bridgehead atoms. The Morgan fingerprint density at radius 3 is 2.39 bits per heavy atom. The van der Waals surface area contributed by atoms with E-state index in [0.717, 1.165) is 22.4 Å². The van der Waals surface area contributed by atoms with Crippen LogP contribution in [0.2, 0.25) is 0 Å². The lowest BCUT2D eigenvalue weighted by atomic mass is 10.2. The fourth-order valence-electron chi connectivity index (χ4n) is 1.77. The van der Waals surface area contributed by atoms with Gasteiger partial charge in [-0.1, -0.05) is 36.4 Å². The van der Waals surface area contributed by atoms with Gasteiger partial charge in [0.25, 0.3) is 0 Å². The molecule has 0 unspecified atom stereocenters. The molecule has 2 aromatic carbocycles. The Bertz CT molecular complexity index is 635. The van der Waals surface area contributed by atoms with Crippen molar-refractivity contribution in [3.8, 4) is 11.5 Å². The van der Waals surface area contributed by atoms with Crippen LogP contribution in [0.3, 0.4) is 0 Å². The topological polar surface area (TPSA) is 22.1 Å². The second-order valence-electron chi connectivity index (χ2n) is 3.75. The van der Waals surface area contributed by atoms with E-state index in [0.29, 0.717) is 0 Å². The molecule has 0 aliphatic rings. The van der Waals surface area contributed by atoms with Crippen LogP contribution in [0, 0.1) is 0 Å². The monoisotopic (exact) mass is 257 g/mol. The van der Waals surface area contributed by atoms with Crippen molar-refractivity contribution >= 4 is 23.3 Å². The summed E-state index contributed by atoms with van der Waals surface area (Å²) in [4.78, 5) is 4.35. The van der Waals surface area contributed by atoms with Crippen LogP contribution >= 0.6 is 12.4 Å². The first-order chi connectivity index (χ1) is 8.43. The molecule has 0 spiro atoms. The Balaban J connectivity index is 0.00000120. The highest BCUT2D eigenvalue weighted by Gasteiger charge is 2.03. The van der Waals surface area contributed by atoms with Gasteiger partial charge >= 0.3 is 0 Å².